The van der Waals surface area contributed by atoms with Gasteiger partial charge in [0, 0.05) is 6.54 Å². The van der Waals surface area contributed by atoms with E-state index in [0.29, 0.717) is 18.2 Å². The second-order valence-corrected chi connectivity index (χ2v) is 7.12. The molecule has 0 spiro atoms. The number of nitrogen functional groups attached to an aromatic ring is 1. The van der Waals surface area contributed by atoms with E-state index in [1.54, 1.807) is 18.2 Å². The number of nitrogens with one attached hydrogen (secondary N) is 2. The fourth-order valence-corrected chi connectivity index (χ4v) is 3.28. The van der Waals surface area contributed by atoms with Crippen LogP contribution in [0.3, 0.4) is 0 Å². The summed E-state index contributed by atoms with van der Waals surface area (Å²) in [6.45, 7) is 4.76. The first-order chi connectivity index (χ1) is 8.37. The quantitative estimate of drug-likeness (QED) is 0.555. The Morgan fingerprint density at radius 1 is 1.39 bits per heavy atom. The first kappa shape index (κ1) is 13.3. The van der Waals surface area contributed by atoms with Crippen molar-refractivity contribution in [2.75, 3.05) is 12.0 Å². The lowest BCUT2D eigenvalue weighted by Crippen LogP contribution is -2.28. The highest BCUT2D eigenvalue weighted by atomic mass is 32.2. The number of sulfonamides is 1. The number of hydrogen-bond acceptors (Lipinski definition) is 4. The third kappa shape index (κ3) is 2.66. The van der Waals surface area contributed by atoms with Gasteiger partial charge in [0.1, 0.15) is 4.90 Å². The minimum atomic E-state index is -3.50. The van der Waals surface area contributed by atoms with Gasteiger partial charge in [-0.3, -0.25) is 5.84 Å². The van der Waals surface area contributed by atoms with Crippen LogP contribution in [0.25, 0.3) is 0 Å². The van der Waals surface area contributed by atoms with Crippen LogP contribution in [0.4, 0.5) is 5.69 Å². The normalized spacial score (nSPS) is 21.6. The van der Waals surface area contributed by atoms with E-state index >= 15 is 0 Å². The number of para-hydroxylation sites is 1. The third-order valence-electron chi connectivity index (χ3n) is 3.57. The molecule has 1 saturated carbocycles. The van der Waals surface area contributed by atoms with Crippen molar-refractivity contribution in [1.29, 1.82) is 0 Å². The molecular formula is C12H19N3O2S. The first-order valence-electron chi connectivity index (χ1n) is 5.92. The Morgan fingerprint density at radius 2 is 2.00 bits per heavy atom. The van der Waals surface area contributed by atoms with Crippen LogP contribution < -0.4 is 16.0 Å². The van der Waals surface area contributed by atoms with Gasteiger partial charge in [0.25, 0.3) is 0 Å². The Hall–Kier alpha value is -1.11. The Bertz CT molecular complexity index is 540. The maximum atomic E-state index is 12.1. The molecule has 0 aromatic heterocycles. The third-order valence-corrected chi connectivity index (χ3v) is 5.05. The molecule has 1 aliphatic carbocycles. The largest absolute Gasteiger partial charge is 0.323 e. The molecule has 1 aromatic rings. The molecule has 1 fully saturated rings. The zero-order valence-corrected chi connectivity index (χ0v) is 11.4. The highest BCUT2D eigenvalue weighted by molar-refractivity contribution is 7.89. The second-order valence-electron chi connectivity index (χ2n) is 5.38. The highest BCUT2D eigenvalue weighted by Crippen LogP contribution is 2.51. The zero-order chi connectivity index (χ0) is 13.4. The van der Waals surface area contributed by atoms with Crippen molar-refractivity contribution in [1.82, 2.24) is 4.72 Å². The number of anilines is 1. The van der Waals surface area contributed by atoms with Crippen molar-refractivity contribution in [3.05, 3.63) is 24.3 Å². The van der Waals surface area contributed by atoms with Crippen LogP contribution in [0.5, 0.6) is 0 Å². The molecule has 100 valence electrons. The van der Waals surface area contributed by atoms with Crippen molar-refractivity contribution in [2.24, 2.45) is 17.2 Å². The van der Waals surface area contributed by atoms with Crippen molar-refractivity contribution in [3.8, 4) is 0 Å². The van der Waals surface area contributed by atoms with Crippen LogP contribution in [-0.4, -0.2) is 15.0 Å². The predicted molar refractivity (Wildman–Crippen MR) is 71.3 cm³/mol. The lowest BCUT2D eigenvalue weighted by atomic mass is 10.1. The van der Waals surface area contributed by atoms with Crippen molar-refractivity contribution in [3.63, 3.8) is 0 Å². The summed E-state index contributed by atoms with van der Waals surface area (Å²) in [5, 5.41) is 0. The molecule has 1 atom stereocenters. The summed E-state index contributed by atoms with van der Waals surface area (Å²) in [6, 6.07) is 6.58. The number of nitrogens with two attached hydrogens (primary N) is 1. The molecule has 0 aliphatic heterocycles. The lowest BCUT2D eigenvalue weighted by molar-refractivity contribution is 0.537. The molecule has 18 heavy (non-hydrogen) atoms. The smallest absolute Gasteiger partial charge is 0.242 e. The highest BCUT2D eigenvalue weighted by Gasteiger charge is 2.45. The molecule has 0 amide bonds. The van der Waals surface area contributed by atoms with Crippen molar-refractivity contribution >= 4 is 15.7 Å². The van der Waals surface area contributed by atoms with Gasteiger partial charge in [-0.15, -0.1) is 0 Å². The first-order valence-corrected chi connectivity index (χ1v) is 7.40. The number of hydrazine groups is 1. The second kappa shape index (κ2) is 4.53. The van der Waals surface area contributed by atoms with Crippen LogP contribution in [0, 0.1) is 11.3 Å². The summed E-state index contributed by atoms with van der Waals surface area (Å²) in [5.74, 6) is 5.74. The summed E-state index contributed by atoms with van der Waals surface area (Å²) in [7, 11) is -3.50. The van der Waals surface area contributed by atoms with Gasteiger partial charge in [0.05, 0.1) is 5.69 Å². The van der Waals surface area contributed by atoms with Gasteiger partial charge < -0.3 is 5.43 Å². The van der Waals surface area contributed by atoms with Crippen LogP contribution in [-0.2, 0) is 10.0 Å². The standard InChI is InChI=1S/C12H19N3O2S/c1-12(2)7-9(12)8-14-18(16,17)11-6-4-3-5-10(11)15-13/h3-6,9,14-15H,7-8,13H2,1-2H3. The molecule has 5 nitrogen and oxygen atoms in total. The minimum absolute atomic E-state index is 0.186. The summed E-state index contributed by atoms with van der Waals surface area (Å²) in [6.07, 6.45) is 1.06. The van der Waals surface area contributed by atoms with Gasteiger partial charge in [-0.1, -0.05) is 26.0 Å². The Kier molecular flexibility index (Phi) is 3.35. The molecule has 2 rings (SSSR count). The molecule has 1 aromatic carbocycles. The number of hydrogen-bond donors (Lipinski definition) is 3. The number of rotatable bonds is 5. The summed E-state index contributed by atoms with van der Waals surface area (Å²) in [4.78, 5) is 0.186. The molecular weight excluding hydrogens is 250 g/mol. The molecule has 0 radical (unpaired) electrons. The molecule has 6 heteroatoms. The van der Waals surface area contributed by atoms with E-state index in [9.17, 15) is 8.42 Å². The van der Waals surface area contributed by atoms with Crippen LogP contribution >= 0.6 is 0 Å². The molecule has 1 unspecified atom stereocenters. The van der Waals surface area contributed by atoms with Gasteiger partial charge in [-0.2, -0.15) is 0 Å². The van der Waals surface area contributed by atoms with E-state index in [4.69, 9.17) is 5.84 Å². The average Bonchev–Trinajstić information content (AvgIpc) is 2.95. The van der Waals surface area contributed by atoms with Crippen LogP contribution in [0.15, 0.2) is 29.2 Å². The van der Waals surface area contributed by atoms with E-state index in [0.717, 1.165) is 6.42 Å². The van der Waals surface area contributed by atoms with E-state index < -0.39 is 10.0 Å². The molecule has 4 N–H and O–H groups in total. The minimum Gasteiger partial charge on any atom is -0.323 e. The summed E-state index contributed by atoms with van der Waals surface area (Å²) in [5.41, 5.74) is 3.06. The molecule has 0 saturated heterocycles. The monoisotopic (exact) mass is 269 g/mol. The van der Waals surface area contributed by atoms with Gasteiger partial charge >= 0.3 is 0 Å². The molecule has 0 heterocycles. The topological polar surface area (TPSA) is 84.2 Å². The lowest BCUT2D eigenvalue weighted by Gasteiger charge is -2.11. The number of benzene rings is 1. The maximum absolute atomic E-state index is 12.1. The Morgan fingerprint density at radius 3 is 2.56 bits per heavy atom. The van der Waals surface area contributed by atoms with Gasteiger partial charge in [-0.05, 0) is 29.9 Å². The van der Waals surface area contributed by atoms with Gasteiger partial charge in [0.2, 0.25) is 10.0 Å². The maximum Gasteiger partial charge on any atom is 0.242 e. The molecule has 0 bridgehead atoms. The van der Waals surface area contributed by atoms with Crippen LogP contribution in [0.2, 0.25) is 0 Å². The van der Waals surface area contributed by atoms with Gasteiger partial charge in [-0.25, -0.2) is 13.1 Å². The summed E-state index contributed by atoms with van der Waals surface area (Å²) < 4.78 is 26.9. The van der Waals surface area contributed by atoms with Crippen molar-refractivity contribution < 1.29 is 8.42 Å². The van der Waals surface area contributed by atoms with Crippen LogP contribution in [0.1, 0.15) is 20.3 Å². The zero-order valence-electron chi connectivity index (χ0n) is 10.6. The van der Waals surface area contributed by atoms with Gasteiger partial charge in [0.15, 0.2) is 0 Å². The summed E-state index contributed by atoms with van der Waals surface area (Å²) >= 11 is 0. The SMILES string of the molecule is CC1(C)CC1CNS(=O)(=O)c1ccccc1NN. The van der Waals surface area contributed by atoms with E-state index in [1.807, 2.05) is 0 Å². The predicted octanol–water partition coefficient (Wildman–Crippen LogP) is 1.30. The fraction of sp³-hybridized carbons (Fsp3) is 0.500. The Balaban J connectivity index is 2.11. The van der Waals surface area contributed by atoms with Crippen molar-refractivity contribution in [2.45, 2.75) is 25.2 Å². The van der Waals surface area contributed by atoms with E-state index in [1.165, 1.54) is 6.07 Å². The Labute approximate surface area is 108 Å². The van der Waals surface area contributed by atoms with E-state index in [2.05, 4.69) is 24.0 Å². The molecule has 1 aliphatic rings. The average molecular weight is 269 g/mol. The van der Waals surface area contributed by atoms with E-state index in [-0.39, 0.29) is 10.3 Å². The fourth-order valence-electron chi connectivity index (χ4n) is 2.03.